The summed E-state index contributed by atoms with van der Waals surface area (Å²) in [6, 6.07) is 0. The lowest BCUT2D eigenvalue weighted by molar-refractivity contribution is -0.132. The monoisotopic (exact) mass is 158 g/mol. The summed E-state index contributed by atoms with van der Waals surface area (Å²) in [4.78, 5) is 10.8. The number of hydrazine groups is 1. The zero-order valence-corrected chi connectivity index (χ0v) is 6.42. The van der Waals surface area contributed by atoms with Gasteiger partial charge >= 0.3 is 0 Å². The molecule has 4 heteroatoms. The third-order valence-corrected chi connectivity index (χ3v) is 2.26. The van der Waals surface area contributed by atoms with Gasteiger partial charge in [0.25, 0.3) is 5.91 Å². The van der Waals surface area contributed by atoms with Crippen molar-refractivity contribution in [2.24, 2.45) is 11.8 Å². The summed E-state index contributed by atoms with van der Waals surface area (Å²) >= 11 is 0. The number of carbonyl (C=O) groups is 1. The molecule has 64 valence electrons. The van der Waals surface area contributed by atoms with Crippen molar-refractivity contribution >= 4 is 5.91 Å². The van der Waals surface area contributed by atoms with Gasteiger partial charge in [-0.05, 0) is 18.8 Å². The van der Waals surface area contributed by atoms with Crippen LogP contribution >= 0.6 is 0 Å². The third-order valence-electron chi connectivity index (χ3n) is 2.26. The summed E-state index contributed by atoms with van der Waals surface area (Å²) in [5, 5.41) is 9.33. The van der Waals surface area contributed by atoms with E-state index >= 15 is 0 Å². The van der Waals surface area contributed by atoms with Crippen LogP contribution in [0.25, 0.3) is 0 Å². The topological polar surface area (TPSA) is 75.3 Å². The van der Waals surface area contributed by atoms with Crippen molar-refractivity contribution in [3.8, 4) is 0 Å². The quantitative estimate of drug-likeness (QED) is 0.289. The number of hydrogen-bond donors (Lipinski definition) is 3. The van der Waals surface area contributed by atoms with Gasteiger partial charge in [-0.25, -0.2) is 5.84 Å². The summed E-state index contributed by atoms with van der Waals surface area (Å²) in [7, 11) is 0. The number of aliphatic hydroxyl groups is 1. The van der Waals surface area contributed by atoms with E-state index in [-0.39, 0.29) is 5.92 Å². The molecule has 1 atom stereocenters. The van der Waals surface area contributed by atoms with Crippen LogP contribution in [-0.2, 0) is 4.79 Å². The van der Waals surface area contributed by atoms with E-state index < -0.39 is 12.0 Å². The molecule has 0 radical (unpaired) electrons. The third kappa shape index (κ3) is 1.91. The molecule has 1 aliphatic carbocycles. The van der Waals surface area contributed by atoms with Crippen LogP contribution in [-0.4, -0.2) is 17.1 Å². The van der Waals surface area contributed by atoms with Crippen LogP contribution in [0.3, 0.4) is 0 Å². The smallest absolute Gasteiger partial charge is 0.262 e. The van der Waals surface area contributed by atoms with Crippen LogP contribution in [0.4, 0.5) is 0 Å². The largest absolute Gasteiger partial charge is 0.383 e. The second kappa shape index (κ2) is 3.69. The average molecular weight is 158 g/mol. The molecule has 4 nitrogen and oxygen atoms in total. The van der Waals surface area contributed by atoms with E-state index in [0.717, 1.165) is 25.7 Å². The summed E-state index contributed by atoms with van der Waals surface area (Å²) in [5.41, 5.74) is 1.95. The Kier molecular flexibility index (Phi) is 2.84. The summed E-state index contributed by atoms with van der Waals surface area (Å²) < 4.78 is 0. The zero-order chi connectivity index (χ0) is 8.27. The Morgan fingerprint density at radius 3 is 2.55 bits per heavy atom. The fraction of sp³-hybridized carbons (Fsp3) is 0.857. The zero-order valence-electron chi connectivity index (χ0n) is 6.42. The van der Waals surface area contributed by atoms with E-state index in [1.807, 2.05) is 5.43 Å². The Morgan fingerprint density at radius 2 is 2.09 bits per heavy atom. The average Bonchev–Trinajstić information content (AvgIpc) is 2.53. The molecule has 0 spiro atoms. The van der Waals surface area contributed by atoms with Gasteiger partial charge in [-0.2, -0.15) is 0 Å². The molecule has 1 amide bonds. The van der Waals surface area contributed by atoms with E-state index in [1.165, 1.54) is 0 Å². The van der Waals surface area contributed by atoms with E-state index in [2.05, 4.69) is 0 Å². The highest BCUT2D eigenvalue weighted by Gasteiger charge is 2.27. The van der Waals surface area contributed by atoms with Gasteiger partial charge in [0, 0.05) is 0 Å². The molecule has 1 aliphatic rings. The minimum Gasteiger partial charge on any atom is -0.383 e. The molecule has 0 saturated heterocycles. The van der Waals surface area contributed by atoms with Crippen molar-refractivity contribution in [3.05, 3.63) is 0 Å². The summed E-state index contributed by atoms with van der Waals surface area (Å²) in [6.07, 6.45) is 3.20. The number of hydrogen-bond acceptors (Lipinski definition) is 3. The van der Waals surface area contributed by atoms with Gasteiger partial charge in [0.05, 0.1) is 0 Å². The van der Waals surface area contributed by atoms with E-state index in [0.29, 0.717) is 0 Å². The van der Waals surface area contributed by atoms with Crippen LogP contribution in [0.15, 0.2) is 0 Å². The van der Waals surface area contributed by atoms with Gasteiger partial charge in [-0.3, -0.25) is 10.2 Å². The van der Waals surface area contributed by atoms with Crippen molar-refractivity contribution < 1.29 is 9.90 Å². The normalized spacial score (nSPS) is 21.6. The van der Waals surface area contributed by atoms with Crippen molar-refractivity contribution in [3.63, 3.8) is 0 Å². The van der Waals surface area contributed by atoms with Gasteiger partial charge in [-0.15, -0.1) is 0 Å². The maximum Gasteiger partial charge on any atom is 0.262 e. The van der Waals surface area contributed by atoms with E-state index in [4.69, 9.17) is 5.84 Å². The lowest BCUT2D eigenvalue weighted by Gasteiger charge is -2.14. The Hall–Kier alpha value is -0.610. The molecule has 0 heterocycles. The molecule has 1 unspecified atom stereocenters. The second-order valence-electron chi connectivity index (χ2n) is 3.00. The first-order valence-electron chi connectivity index (χ1n) is 3.94. The Morgan fingerprint density at radius 1 is 1.55 bits per heavy atom. The molecule has 1 fully saturated rings. The van der Waals surface area contributed by atoms with Gasteiger partial charge in [0.1, 0.15) is 6.10 Å². The molecule has 0 bridgehead atoms. The van der Waals surface area contributed by atoms with Crippen LogP contribution in [0.2, 0.25) is 0 Å². The molecule has 1 rings (SSSR count). The minimum atomic E-state index is -0.900. The Bertz CT molecular complexity index is 143. The summed E-state index contributed by atoms with van der Waals surface area (Å²) in [6.45, 7) is 0. The maximum absolute atomic E-state index is 10.8. The number of carbonyl (C=O) groups excluding carboxylic acids is 1. The molecule has 0 aromatic rings. The van der Waals surface area contributed by atoms with E-state index in [1.54, 1.807) is 0 Å². The second-order valence-corrected chi connectivity index (χ2v) is 3.00. The molecule has 0 aromatic carbocycles. The highest BCUT2D eigenvalue weighted by molar-refractivity contribution is 5.80. The Labute approximate surface area is 65.7 Å². The summed E-state index contributed by atoms with van der Waals surface area (Å²) in [5.74, 6) is 4.54. The van der Waals surface area contributed by atoms with Gasteiger partial charge in [0.2, 0.25) is 0 Å². The van der Waals surface area contributed by atoms with Crippen molar-refractivity contribution in [1.29, 1.82) is 0 Å². The van der Waals surface area contributed by atoms with Crippen LogP contribution in [0.1, 0.15) is 25.7 Å². The van der Waals surface area contributed by atoms with Crippen molar-refractivity contribution in [2.75, 3.05) is 0 Å². The Balaban J connectivity index is 2.39. The fourth-order valence-electron chi connectivity index (χ4n) is 1.57. The molecule has 4 N–H and O–H groups in total. The fourth-order valence-corrected chi connectivity index (χ4v) is 1.57. The maximum atomic E-state index is 10.8. The SMILES string of the molecule is NNC(=O)C(O)C1CCCC1. The highest BCUT2D eigenvalue weighted by Crippen LogP contribution is 2.27. The number of nitrogens with two attached hydrogens (primary N) is 1. The van der Waals surface area contributed by atoms with Crippen molar-refractivity contribution in [2.45, 2.75) is 31.8 Å². The van der Waals surface area contributed by atoms with Crippen LogP contribution < -0.4 is 11.3 Å². The number of amides is 1. The lowest BCUT2D eigenvalue weighted by Crippen LogP contribution is -2.42. The van der Waals surface area contributed by atoms with Gasteiger partial charge < -0.3 is 5.11 Å². The lowest BCUT2D eigenvalue weighted by atomic mass is 10.0. The molecule has 0 aromatic heterocycles. The molecule has 1 saturated carbocycles. The number of aliphatic hydroxyl groups excluding tert-OH is 1. The molecule has 11 heavy (non-hydrogen) atoms. The molecular weight excluding hydrogens is 144 g/mol. The van der Waals surface area contributed by atoms with Crippen LogP contribution in [0.5, 0.6) is 0 Å². The predicted molar refractivity (Wildman–Crippen MR) is 40.3 cm³/mol. The molecule has 0 aliphatic heterocycles. The highest BCUT2D eigenvalue weighted by atomic mass is 16.3. The van der Waals surface area contributed by atoms with Crippen molar-refractivity contribution in [1.82, 2.24) is 5.43 Å². The minimum absolute atomic E-state index is 0.124. The first-order valence-corrected chi connectivity index (χ1v) is 3.94. The van der Waals surface area contributed by atoms with Gasteiger partial charge in [-0.1, -0.05) is 12.8 Å². The van der Waals surface area contributed by atoms with Crippen LogP contribution in [0, 0.1) is 5.92 Å². The first kappa shape index (κ1) is 8.49. The standard InChI is InChI=1S/C7H14N2O2/c8-9-7(11)6(10)5-3-1-2-4-5/h5-6,10H,1-4,8H2,(H,9,11). The van der Waals surface area contributed by atoms with Gasteiger partial charge in [0.15, 0.2) is 0 Å². The predicted octanol–water partition coefficient (Wildman–Crippen LogP) is -0.473. The van der Waals surface area contributed by atoms with E-state index in [9.17, 15) is 9.90 Å². The first-order chi connectivity index (χ1) is 5.25. The number of nitrogens with one attached hydrogen (secondary N) is 1. The molecular formula is C7H14N2O2. The number of rotatable bonds is 2.